The second-order valence-corrected chi connectivity index (χ2v) is 6.08. The van der Waals surface area contributed by atoms with Gasteiger partial charge in [-0.2, -0.15) is 0 Å². The maximum absolute atomic E-state index is 11.7. The third kappa shape index (κ3) is 4.18. The zero-order valence-corrected chi connectivity index (χ0v) is 12.4. The van der Waals surface area contributed by atoms with Gasteiger partial charge in [0.15, 0.2) is 0 Å². The lowest BCUT2D eigenvalue weighted by molar-refractivity contribution is -0.150. The van der Waals surface area contributed by atoms with Gasteiger partial charge in [-0.15, -0.1) is 11.8 Å². The summed E-state index contributed by atoms with van der Waals surface area (Å²) < 4.78 is 5.03. The largest absolute Gasteiger partial charge is 0.466 e. The molecule has 1 aliphatic carbocycles. The van der Waals surface area contributed by atoms with E-state index in [1.165, 1.54) is 11.8 Å². The second kappa shape index (κ2) is 7.04. The Hall–Kier alpha value is -1.14. The van der Waals surface area contributed by atoms with Crippen LogP contribution in [0.2, 0.25) is 0 Å². The van der Waals surface area contributed by atoms with Crippen LogP contribution in [-0.2, 0) is 9.53 Å². The van der Waals surface area contributed by atoms with Crippen molar-refractivity contribution in [1.29, 1.82) is 0 Å². The number of nitrogens with zero attached hydrogens (tertiary/aromatic N) is 2. The molecule has 1 aromatic rings. The lowest BCUT2D eigenvalue weighted by Crippen LogP contribution is -2.38. The Bertz CT molecular complexity index is 433. The van der Waals surface area contributed by atoms with E-state index in [4.69, 9.17) is 4.74 Å². The highest BCUT2D eigenvalue weighted by Crippen LogP contribution is 2.36. The van der Waals surface area contributed by atoms with Crippen LogP contribution < -0.4 is 0 Å². The Kier molecular flexibility index (Phi) is 5.37. The van der Waals surface area contributed by atoms with E-state index in [9.17, 15) is 9.90 Å². The first-order valence-corrected chi connectivity index (χ1v) is 7.89. The van der Waals surface area contributed by atoms with Crippen LogP contribution in [0.15, 0.2) is 23.6 Å². The molecule has 0 aromatic carbocycles. The van der Waals surface area contributed by atoms with Crippen molar-refractivity contribution in [3.8, 4) is 0 Å². The Balaban J connectivity index is 1.81. The first-order chi connectivity index (χ1) is 9.63. The van der Waals surface area contributed by atoms with Gasteiger partial charge in [0.25, 0.3) is 0 Å². The smallest absolute Gasteiger partial charge is 0.308 e. The van der Waals surface area contributed by atoms with Crippen molar-refractivity contribution in [2.75, 3.05) is 12.4 Å². The average molecular weight is 296 g/mol. The van der Waals surface area contributed by atoms with Gasteiger partial charge < -0.3 is 9.84 Å². The van der Waals surface area contributed by atoms with Crippen molar-refractivity contribution in [3.05, 3.63) is 18.6 Å². The van der Waals surface area contributed by atoms with Gasteiger partial charge in [-0.05, 0) is 32.6 Å². The van der Waals surface area contributed by atoms with E-state index >= 15 is 0 Å². The number of hydrogen-bond donors (Lipinski definition) is 1. The number of hydrogen-bond acceptors (Lipinski definition) is 6. The Morgan fingerprint density at radius 2 is 2.25 bits per heavy atom. The number of aliphatic hydroxyl groups is 1. The predicted octanol–water partition coefficient (Wildman–Crippen LogP) is 2.05. The molecule has 0 unspecified atom stereocenters. The van der Waals surface area contributed by atoms with E-state index in [2.05, 4.69) is 9.97 Å². The molecule has 0 spiro atoms. The molecule has 5 nitrogen and oxygen atoms in total. The summed E-state index contributed by atoms with van der Waals surface area (Å²) in [6.45, 7) is 2.23. The van der Waals surface area contributed by atoms with Crippen LogP contribution in [-0.4, -0.2) is 39.0 Å². The fourth-order valence-corrected chi connectivity index (χ4v) is 3.34. The lowest BCUT2D eigenvalue weighted by Gasteiger charge is -2.34. The highest BCUT2D eigenvalue weighted by Gasteiger charge is 2.36. The van der Waals surface area contributed by atoms with Crippen LogP contribution >= 0.6 is 11.8 Å². The molecule has 1 aromatic heterocycles. The van der Waals surface area contributed by atoms with Gasteiger partial charge in [0.1, 0.15) is 5.03 Å². The molecule has 110 valence electrons. The number of thioether (sulfide) groups is 1. The van der Waals surface area contributed by atoms with Crippen molar-refractivity contribution in [1.82, 2.24) is 9.97 Å². The fraction of sp³-hybridized carbons (Fsp3) is 0.643. The van der Waals surface area contributed by atoms with E-state index in [0.717, 1.165) is 5.03 Å². The number of ether oxygens (including phenoxy) is 1. The molecule has 20 heavy (non-hydrogen) atoms. The van der Waals surface area contributed by atoms with Crippen LogP contribution in [0.3, 0.4) is 0 Å². The van der Waals surface area contributed by atoms with Crippen LogP contribution in [0.1, 0.15) is 32.6 Å². The molecule has 1 N–H and O–H groups in total. The predicted molar refractivity (Wildman–Crippen MR) is 76.3 cm³/mol. The van der Waals surface area contributed by atoms with Gasteiger partial charge in [-0.1, -0.05) is 0 Å². The van der Waals surface area contributed by atoms with Crippen molar-refractivity contribution in [2.24, 2.45) is 5.92 Å². The van der Waals surface area contributed by atoms with E-state index in [0.29, 0.717) is 38.0 Å². The lowest BCUT2D eigenvalue weighted by atomic mass is 9.80. The third-order valence-corrected chi connectivity index (χ3v) is 4.75. The number of carbonyl (C=O) groups is 1. The van der Waals surface area contributed by atoms with Crippen molar-refractivity contribution < 1.29 is 14.6 Å². The van der Waals surface area contributed by atoms with Crippen LogP contribution in [0.25, 0.3) is 0 Å². The van der Waals surface area contributed by atoms with Crippen LogP contribution in [0.5, 0.6) is 0 Å². The quantitative estimate of drug-likeness (QED) is 0.662. The van der Waals surface area contributed by atoms with E-state index < -0.39 is 5.60 Å². The molecule has 0 amide bonds. The zero-order chi connectivity index (χ0) is 14.4. The van der Waals surface area contributed by atoms with Crippen LogP contribution in [0.4, 0.5) is 0 Å². The number of carbonyl (C=O) groups excluding carboxylic acids is 1. The summed E-state index contributed by atoms with van der Waals surface area (Å²) in [7, 11) is 0. The SMILES string of the molecule is CCOC(=O)C1CCC(O)(CSc2cnccn2)CC1. The van der Waals surface area contributed by atoms with Gasteiger partial charge in [0.2, 0.25) is 0 Å². The average Bonchev–Trinajstić information content (AvgIpc) is 2.47. The Morgan fingerprint density at radius 3 is 2.85 bits per heavy atom. The molecule has 0 aliphatic heterocycles. The zero-order valence-electron chi connectivity index (χ0n) is 11.6. The monoisotopic (exact) mass is 296 g/mol. The third-order valence-electron chi connectivity index (χ3n) is 3.56. The first-order valence-electron chi connectivity index (χ1n) is 6.91. The fourth-order valence-electron chi connectivity index (χ4n) is 2.36. The summed E-state index contributed by atoms with van der Waals surface area (Å²) in [5.41, 5.74) is -0.717. The number of rotatable bonds is 5. The summed E-state index contributed by atoms with van der Waals surface area (Å²) in [5, 5.41) is 11.4. The maximum atomic E-state index is 11.7. The van der Waals surface area contributed by atoms with E-state index in [1.54, 1.807) is 18.6 Å². The minimum atomic E-state index is -0.717. The molecular formula is C14H20N2O3S. The molecule has 1 heterocycles. The van der Waals surface area contributed by atoms with Gasteiger partial charge in [-0.3, -0.25) is 9.78 Å². The molecule has 1 saturated carbocycles. The van der Waals surface area contributed by atoms with Gasteiger partial charge in [0, 0.05) is 18.1 Å². The van der Waals surface area contributed by atoms with Gasteiger partial charge in [0.05, 0.1) is 24.3 Å². The Labute approximate surface area is 123 Å². The van der Waals surface area contributed by atoms with Crippen LogP contribution in [0, 0.1) is 5.92 Å². The molecule has 6 heteroatoms. The summed E-state index contributed by atoms with van der Waals surface area (Å²) >= 11 is 1.51. The molecule has 0 atom stereocenters. The summed E-state index contributed by atoms with van der Waals surface area (Å²) in [5.74, 6) is 0.397. The van der Waals surface area contributed by atoms with E-state index in [-0.39, 0.29) is 11.9 Å². The molecular weight excluding hydrogens is 276 g/mol. The normalized spacial score (nSPS) is 26.2. The number of aromatic nitrogens is 2. The first kappa shape index (κ1) is 15.3. The summed E-state index contributed by atoms with van der Waals surface area (Å²) in [4.78, 5) is 19.8. The molecule has 0 saturated heterocycles. The second-order valence-electron chi connectivity index (χ2n) is 5.08. The van der Waals surface area contributed by atoms with E-state index in [1.807, 2.05) is 6.92 Å². The van der Waals surface area contributed by atoms with Crippen molar-refractivity contribution in [2.45, 2.75) is 43.2 Å². The Morgan fingerprint density at radius 1 is 1.50 bits per heavy atom. The molecule has 0 radical (unpaired) electrons. The summed E-state index contributed by atoms with van der Waals surface area (Å²) in [6.07, 6.45) is 7.60. The summed E-state index contributed by atoms with van der Waals surface area (Å²) in [6, 6.07) is 0. The minimum absolute atomic E-state index is 0.0586. The van der Waals surface area contributed by atoms with Crippen molar-refractivity contribution in [3.63, 3.8) is 0 Å². The van der Waals surface area contributed by atoms with Gasteiger partial charge in [-0.25, -0.2) is 4.98 Å². The topological polar surface area (TPSA) is 72.3 Å². The molecule has 2 rings (SSSR count). The highest BCUT2D eigenvalue weighted by molar-refractivity contribution is 7.99. The van der Waals surface area contributed by atoms with Crippen molar-refractivity contribution >= 4 is 17.7 Å². The standard InChI is InChI=1S/C14H20N2O3S/c1-2-19-13(17)11-3-5-14(18,6-4-11)10-20-12-9-15-7-8-16-12/h7-9,11,18H,2-6,10H2,1H3. The molecule has 1 aliphatic rings. The van der Waals surface area contributed by atoms with Gasteiger partial charge >= 0.3 is 5.97 Å². The highest BCUT2D eigenvalue weighted by atomic mass is 32.2. The minimum Gasteiger partial charge on any atom is -0.466 e. The molecule has 1 fully saturated rings. The maximum Gasteiger partial charge on any atom is 0.308 e. The molecule has 0 bridgehead atoms. The number of esters is 1.